The summed E-state index contributed by atoms with van der Waals surface area (Å²) in [5, 5.41) is 5.54. The molecule has 4 nitrogen and oxygen atoms in total. The van der Waals surface area contributed by atoms with Gasteiger partial charge in [-0.25, -0.2) is 4.79 Å². The van der Waals surface area contributed by atoms with Crippen LogP contribution in [0, 0.1) is 5.92 Å². The zero-order chi connectivity index (χ0) is 17.5. The molecule has 1 atom stereocenters. The molecule has 0 bridgehead atoms. The van der Waals surface area contributed by atoms with Gasteiger partial charge in [0.2, 0.25) is 0 Å². The number of amides is 2. The normalized spacial score (nSPS) is 12.1. The average molecular weight is 334 g/mol. The maximum atomic E-state index is 12.2. The minimum absolute atomic E-state index is 0.00808. The number of hydrogen-bond donors (Lipinski definition) is 2. The SMILES string of the molecule is CC(C)C(NC(=O)Nc1cccc(OC(F)F)c1)c1ccccc1. The number of alkyl halides is 2. The Morgan fingerprint density at radius 2 is 1.75 bits per heavy atom. The Morgan fingerprint density at radius 3 is 2.38 bits per heavy atom. The summed E-state index contributed by atoms with van der Waals surface area (Å²) in [6.45, 7) is 1.11. The van der Waals surface area contributed by atoms with Crippen LogP contribution in [0.3, 0.4) is 0 Å². The smallest absolute Gasteiger partial charge is 0.387 e. The van der Waals surface area contributed by atoms with Crippen molar-refractivity contribution in [2.75, 3.05) is 5.32 Å². The molecule has 24 heavy (non-hydrogen) atoms. The molecule has 0 spiro atoms. The molecule has 0 aliphatic heterocycles. The van der Waals surface area contributed by atoms with E-state index in [2.05, 4.69) is 15.4 Å². The predicted octanol–water partition coefficient (Wildman–Crippen LogP) is 4.81. The van der Waals surface area contributed by atoms with Gasteiger partial charge in [0, 0.05) is 11.8 Å². The van der Waals surface area contributed by atoms with Crippen LogP contribution in [0.2, 0.25) is 0 Å². The number of halogens is 2. The quantitative estimate of drug-likeness (QED) is 0.797. The summed E-state index contributed by atoms with van der Waals surface area (Å²) >= 11 is 0. The Labute approximate surface area is 139 Å². The van der Waals surface area contributed by atoms with Gasteiger partial charge in [-0.3, -0.25) is 0 Å². The highest BCUT2D eigenvalue weighted by Gasteiger charge is 2.18. The number of nitrogens with one attached hydrogen (secondary N) is 2. The van der Waals surface area contributed by atoms with Crippen molar-refractivity contribution in [2.45, 2.75) is 26.5 Å². The first kappa shape index (κ1) is 17.7. The van der Waals surface area contributed by atoms with Gasteiger partial charge < -0.3 is 15.4 Å². The highest BCUT2D eigenvalue weighted by Crippen LogP contribution is 2.22. The lowest BCUT2D eigenvalue weighted by Crippen LogP contribution is -2.35. The molecular formula is C18H20F2N2O2. The lowest BCUT2D eigenvalue weighted by atomic mass is 9.96. The summed E-state index contributed by atoms with van der Waals surface area (Å²) < 4.78 is 28.8. The van der Waals surface area contributed by atoms with E-state index in [1.54, 1.807) is 6.07 Å². The Bertz CT molecular complexity index is 663. The Balaban J connectivity index is 2.04. The fourth-order valence-electron chi connectivity index (χ4n) is 2.35. The fraction of sp³-hybridized carbons (Fsp3) is 0.278. The Hall–Kier alpha value is -2.63. The van der Waals surface area contributed by atoms with Gasteiger partial charge in [-0.2, -0.15) is 8.78 Å². The number of anilines is 1. The van der Waals surface area contributed by atoms with Crippen molar-refractivity contribution < 1.29 is 18.3 Å². The number of hydrogen-bond acceptors (Lipinski definition) is 2. The molecule has 2 N–H and O–H groups in total. The first-order valence-electron chi connectivity index (χ1n) is 7.63. The van der Waals surface area contributed by atoms with E-state index in [4.69, 9.17) is 0 Å². The molecule has 0 saturated carbocycles. The molecule has 0 radical (unpaired) electrons. The number of carbonyl (C=O) groups excluding carboxylic acids is 1. The van der Waals surface area contributed by atoms with Crippen molar-refractivity contribution in [3.8, 4) is 5.75 Å². The third-order valence-electron chi connectivity index (χ3n) is 3.43. The van der Waals surface area contributed by atoms with E-state index in [0.29, 0.717) is 5.69 Å². The van der Waals surface area contributed by atoms with Crippen LogP contribution in [0.25, 0.3) is 0 Å². The number of urea groups is 1. The standard InChI is InChI=1S/C18H20F2N2O2/c1-12(2)16(13-7-4-3-5-8-13)22-18(23)21-14-9-6-10-15(11-14)24-17(19)20/h3-12,16-17H,1-2H3,(H2,21,22,23). The molecule has 0 aliphatic rings. The second-order valence-electron chi connectivity index (χ2n) is 5.64. The topological polar surface area (TPSA) is 50.4 Å². The first-order valence-corrected chi connectivity index (χ1v) is 7.63. The largest absolute Gasteiger partial charge is 0.435 e. The molecule has 0 aromatic heterocycles. The summed E-state index contributed by atoms with van der Waals surface area (Å²) in [5.41, 5.74) is 1.37. The van der Waals surface area contributed by atoms with E-state index in [9.17, 15) is 13.6 Å². The van der Waals surface area contributed by atoms with Gasteiger partial charge in [-0.15, -0.1) is 0 Å². The molecule has 2 aromatic rings. The number of benzene rings is 2. The van der Waals surface area contributed by atoms with Crippen LogP contribution >= 0.6 is 0 Å². The van der Waals surface area contributed by atoms with Gasteiger partial charge in [0.25, 0.3) is 0 Å². The minimum Gasteiger partial charge on any atom is -0.435 e. The third kappa shape index (κ3) is 5.22. The van der Waals surface area contributed by atoms with E-state index in [0.717, 1.165) is 5.56 Å². The maximum Gasteiger partial charge on any atom is 0.387 e. The molecule has 2 rings (SSSR count). The summed E-state index contributed by atoms with van der Waals surface area (Å²) in [6, 6.07) is 14.9. The predicted molar refractivity (Wildman–Crippen MR) is 89.2 cm³/mol. The van der Waals surface area contributed by atoms with Gasteiger partial charge in [-0.05, 0) is 23.6 Å². The van der Waals surface area contributed by atoms with Crippen molar-refractivity contribution in [1.82, 2.24) is 5.32 Å². The van der Waals surface area contributed by atoms with E-state index in [1.807, 2.05) is 44.2 Å². The van der Waals surface area contributed by atoms with Crippen LogP contribution in [0.5, 0.6) is 5.75 Å². The van der Waals surface area contributed by atoms with E-state index < -0.39 is 12.6 Å². The van der Waals surface area contributed by atoms with Gasteiger partial charge in [0.1, 0.15) is 5.75 Å². The van der Waals surface area contributed by atoms with E-state index >= 15 is 0 Å². The van der Waals surface area contributed by atoms with Crippen LogP contribution in [-0.2, 0) is 0 Å². The molecular weight excluding hydrogens is 314 g/mol. The zero-order valence-corrected chi connectivity index (χ0v) is 13.5. The zero-order valence-electron chi connectivity index (χ0n) is 13.5. The van der Waals surface area contributed by atoms with Crippen molar-refractivity contribution in [3.63, 3.8) is 0 Å². The Morgan fingerprint density at radius 1 is 1.04 bits per heavy atom. The number of carbonyl (C=O) groups is 1. The van der Waals surface area contributed by atoms with Crippen LogP contribution in [0.1, 0.15) is 25.5 Å². The van der Waals surface area contributed by atoms with Gasteiger partial charge >= 0.3 is 12.6 Å². The summed E-state index contributed by atoms with van der Waals surface area (Å²) in [6.07, 6.45) is 0. The molecule has 0 heterocycles. The molecule has 2 aromatic carbocycles. The van der Waals surface area contributed by atoms with E-state index in [1.165, 1.54) is 18.2 Å². The van der Waals surface area contributed by atoms with E-state index in [-0.39, 0.29) is 17.7 Å². The molecule has 128 valence electrons. The van der Waals surface area contributed by atoms with Crippen molar-refractivity contribution >= 4 is 11.7 Å². The summed E-state index contributed by atoms with van der Waals surface area (Å²) in [7, 11) is 0. The van der Waals surface area contributed by atoms with Crippen molar-refractivity contribution in [2.24, 2.45) is 5.92 Å². The number of rotatable bonds is 6. The first-order chi connectivity index (χ1) is 11.5. The lowest BCUT2D eigenvalue weighted by Gasteiger charge is -2.23. The van der Waals surface area contributed by atoms with Crippen LogP contribution in [0.4, 0.5) is 19.3 Å². The molecule has 0 saturated heterocycles. The maximum absolute atomic E-state index is 12.2. The van der Waals surface area contributed by atoms with Crippen molar-refractivity contribution in [3.05, 3.63) is 60.2 Å². The van der Waals surface area contributed by atoms with Crippen molar-refractivity contribution in [1.29, 1.82) is 0 Å². The second-order valence-corrected chi connectivity index (χ2v) is 5.64. The van der Waals surface area contributed by atoms with Crippen LogP contribution < -0.4 is 15.4 Å². The third-order valence-corrected chi connectivity index (χ3v) is 3.43. The lowest BCUT2D eigenvalue weighted by molar-refractivity contribution is -0.0497. The molecule has 0 fully saturated rings. The second kappa shape index (κ2) is 8.29. The van der Waals surface area contributed by atoms with Gasteiger partial charge in [0.15, 0.2) is 0 Å². The number of ether oxygens (including phenoxy) is 1. The molecule has 6 heteroatoms. The fourth-order valence-corrected chi connectivity index (χ4v) is 2.35. The summed E-state index contributed by atoms with van der Waals surface area (Å²) in [5.74, 6) is 0.179. The van der Waals surface area contributed by atoms with Gasteiger partial charge in [0.05, 0.1) is 6.04 Å². The molecule has 1 unspecified atom stereocenters. The summed E-state index contributed by atoms with van der Waals surface area (Å²) in [4.78, 5) is 12.2. The monoisotopic (exact) mass is 334 g/mol. The van der Waals surface area contributed by atoms with Crippen LogP contribution in [0.15, 0.2) is 54.6 Å². The molecule has 2 amide bonds. The minimum atomic E-state index is -2.91. The average Bonchev–Trinajstić information content (AvgIpc) is 2.53. The van der Waals surface area contributed by atoms with Gasteiger partial charge in [-0.1, -0.05) is 50.2 Å². The Kier molecular flexibility index (Phi) is 6.12. The highest BCUT2D eigenvalue weighted by atomic mass is 19.3. The highest BCUT2D eigenvalue weighted by molar-refractivity contribution is 5.89. The molecule has 0 aliphatic carbocycles. The van der Waals surface area contributed by atoms with Crippen LogP contribution in [-0.4, -0.2) is 12.6 Å².